The average Bonchev–Trinajstić information content (AvgIpc) is 2.46. The molecule has 0 radical (unpaired) electrons. The Bertz CT molecular complexity index is 576. The SMILES string of the molecule is O=C(NCc1ccccc1OC(F)F)c1cccnc1. The standard InChI is InChI=1S/C14H12F2N2O2/c15-14(16)20-12-6-2-1-4-10(12)9-18-13(19)11-5-3-7-17-8-11/h1-8,14H,9H2,(H,18,19). The summed E-state index contributed by atoms with van der Waals surface area (Å²) in [4.78, 5) is 15.6. The van der Waals surface area contributed by atoms with Gasteiger partial charge in [-0.15, -0.1) is 0 Å². The number of ether oxygens (including phenoxy) is 1. The number of alkyl halides is 2. The molecule has 20 heavy (non-hydrogen) atoms. The van der Waals surface area contributed by atoms with Gasteiger partial charge in [-0.2, -0.15) is 8.78 Å². The van der Waals surface area contributed by atoms with E-state index in [-0.39, 0.29) is 18.2 Å². The largest absolute Gasteiger partial charge is 0.434 e. The normalized spacial score (nSPS) is 10.3. The molecule has 1 aromatic heterocycles. The molecule has 0 bridgehead atoms. The van der Waals surface area contributed by atoms with Crippen molar-refractivity contribution in [3.05, 3.63) is 59.9 Å². The molecule has 0 atom stereocenters. The first kappa shape index (κ1) is 13.9. The van der Waals surface area contributed by atoms with E-state index in [1.54, 1.807) is 36.5 Å². The highest BCUT2D eigenvalue weighted by Crippen LogP contribution is 2.20. The number of carbonyl (C=O) groups excluding carboxylic acids is 1. The van der Waals surface area contributed by atoms with Gasteiger partial charge in [-0.05, 0) is 18.2 Å². The summed E-state index contributed by atoms with van der Waals surface area (Å²) in [5, 5.41) is 2.63. The summed E-state index contributed by atoms with van der Waals surface area (Å²) < 4.78 is 28.9. The fraction of sp³-hybridized carbons (Fsp3) is 0.143. The molecule has 2 rings (SSSR count). The van der Waals surface area contributed by atoms with Crippen LogP contribution in [0.15, 0.2) is 48.8 Å². The first-order valence-electron chi connectivity index (χ1n) is 5.88. The third-order valence-corrected chi connectivity index (χ3v) is 2.55. The quantitative estimate of drug-likeness (QED) is 0.914. The number of nitrogens with one attached hydrogen (secondary N) is 1. The summed E-state index contributed by atoms with van der Waals surface area (Å²) in [5.41, 5.74) is 0.879. The van der Waals surface area contributed by atoms with Gasteiger partial charge < -0.3 is 10.1 Å². The predicted octanol–water partition coefficient (Wildman–Crippen LogP) is 2.61. The average molecular weight is 278 g/mol. The van der Waals surface area contributed by atoms with Gasteiger partial charge in [0.15, 0.2) is 0 Å². The molecule has 0 aliphatic heterocycles. The van der Waals surface area contributed by atoms with E-state index in [4.69, 9.17) is 0 Å². The molecule has 1 N–H and O–H groups in total. The Morgan fingerprint density at radius 2 is 2.05 bits per heavy atom. The zero-order chi connectivity index (χ0) is 14.4. The summed E-state index contributed by atoms with van der Waals surface area (Å²) >= 11 is 0. The third-order valence-electron chi connectivity index (χ3n) is 2.55. The molecular weight excluding hydrogens is 266 g/mol. The Hall–Kier alpha value is -2.50. The van der Waals surface area contributed by atoms with E-state index in [0.717, 1.165) is 0 Å². The second-order valence-corrected chi connectivity index (χ2v) is 3.91. The summed E-state index contributed by atoms with van der Waals surface area (Å²) in [6, 6.07) is 9.57. The van der Waals surface area contributed by atoms with Crippen molar-refractivity contribution < 1.29 is 18.3 Å². The summed E-state index contributed by atoms with van der Waals surface area (Å²) in [5.74, 6) is -0.279. The molecule has 0 saturated heterocycles. The van der Waals surface area contributed by atoms with Crippen molar-refractivity contribution in [2.75, 3.05) is 0 Å². The number of nitrogens with zero attached hydrogens (tertiary/aromatic N) is 1. The van der Waals surface area contributed by atoms with Crippen LogP contribution in [-0.4, -0.2) is 17.5 Å². The van der Waals surface area contributed by atoms with Crippen LogP contribution in [0.3, 0.4) is 0 Å². The van der Waals surface area contributed by atoms with Crippen molar-refractivity contribution in [2.45, 2.75) is 13.2 Å². The Morgan fingerprint density at radius 3 is 2.75 bits per heavy atom. The van der Waals surface area contributed by atoms with Crippen LogP contribution in [-0.2, 0) is 6.54 Å². The molecule has 0 spiro atoms. The van der Waals surface area contributed by atoms with Crippen LogP contribution >= 0.6 is 0 Å². The van der Waals surface area contributed by atoms with Crippen LogP contribution in [0, 0.1) is 0 Å². The molecule has 4 nitrogen and oxygen atoms in total. The molecule has 1 aromatic carbocycles. The smallest absolute Gasteiger partial charge is 0.387 e. The van der Waals surface area contributed by atoms with Crippen molar-refractivity contribution in [1.29, 1.82) is 0 Å². The Labute approximate surface area is 114 Å². The highest BCUT2D eigenvalue weighted by Gasteiger charge is 2.10. The van der Waals surface area contributed by atoms with Crippen molar-refractivity contribution in [3.8, 4) is 5.75 Å². The van der Waals surface area contributed by atoms with Gasteiger partial charge in [-0.3, -0.25) is 9.78 Å². The van der Waals surface area contributed by atoms with Crippen LogP contribution in [0.1, 0.15) is 15.9 Å². The van der Waals surface area contributed by atoms with E-state index >= 15 is 0 Å². The monoisotopic (exact) mass is 278 g/mol. The number of hydrogen-bond donors (Lipinski definition) is 1. The zero-order valence-electron chi connectivity index (χ0n) is 10.4. The topological polar surface area (TPSA) is 51.2 Å². The number of aromatic nitrogens is 1. The number of carbonyl (C=O) groups is 1. The molecule has 2 aromatic rings. The molecule has 0 aliphatic rings. The van der Waals surface area contributed by atoms with E-state index in [1.807, 2.05) is 0 Å². The molecule has 1 amide bonds. The third kappa shape index (κ3) is 3.74. The minimum atomic E-state index is -2.90. The highest BCUT2D eigenvalue weighted by molar-refractivity contribution is 5.93. The van der Waals surface area contributed by atoms with Crippen LogP contribution < -0.4 is 10.1 Å². The minimum absolute atomic E-state index is 0.0500. The first-order chi connectivity index (χ1) is 9.66. The van der Waals surface area contributed by atoms with Gasteiger partial charge in [0.2, 0.25) is 0 Å². The molecule has 0 aliphatic carbocycles. The lowest BCUT2D eigenvalue weighted by Crippen LogP contribution is -2.23. The molecule has 104 valence electrons. The molecule has 0 fully saturated rings. The van der Waals surface area contributed by atoms with Crippen LogP contribution in [0.5, 0.6) is 5.75 Å². The number of amides is 1. The predicted molar refractivity (Wildman–Crippen MR) is 68.5 cm³/mol. The van der Waals surface area contributed by atoms with E-state index in [1.165, 1.54) is 12.3 Å². The molecule has 6 heteroatoms. The van der Waals surface area contributed by atoms with Gasteiger partial charge in [0, 0.05) is 24.5 Å². The van der Waals surface area contributed by atoms with Crippen LogP contribution in [0.25, 0.3) is 0 Å². The highest BCUT2D eigenvalue weighted by atomic mass is 19.3. The molecule has 1 heterocycles. The Balaban J connectivity index is 2.02. The van der Waals surface area contributed by atoms with E-state index < -0.39 is 6.61 Å². The van der Waals surface area contributed by atoms with E-state index in [0.29, 0.717) is 11.1 Å². The summed E-state index contributed by atoms with van der Waals surface area (Å²) in [6.45, 7) is -2.80. The van der Waals surface area contributed by atoms with E-state index in [9.17, 15) is 13.6 Å². The fourth-order valence-electron chi connectivity index (χ4n) is 1.64. The molecule has 0 saturated carbocycles. The van der Waals surface area contributed by atoms with Crippen molar-refractivity contribution in [3.63, 3.8) is 0 Å². The lowest BCUT2D eigenvalue weighted by molar-refractivity contribution is -0.0504. The summed E-state index contributed by atoms with van der Waals surface area (Å²) in [6.07, 6.45) is 2.99. The minimum Gasteiger partial charge on any atom is -0.434 e. The second-order valence-electron chi connectivity index (χ2n) is 3.91. The Kier molecular flexibility index (Phi) is 4.60. The number of halogens is 2. The number of pyridine rings is 1. The van der Waals surface area contributed by atoms with Crippen LogP contribution in [0.2, 0.25) is 0 Å². The van der Waals surface area contributed by atoms with Crippen molar-refractivity contribution >= 4 is 5.91 Å². The number of benzene rings is 1. The number of hydrogen-bond acceptors (Lipinski definition) is 3. The second kappa shape index (κ2) is 6.60. The summed E-state index contributed by atoms with van der Waals surface area (Å²) in [7, 11) is 0. The maximum atomic E-state index is 12.2. The fourth-order valence-corrected chi connectivity index (χ4v) is 1.64. The van der Waals surface area contributed by atoms with E-state index in [2.05, 4.69) is 15.0 Å². The Morgan fingerprint density at radius 1 is 1.25 bits per heavy atom. The van der Waals surface area contributed by atoms with Gasteiger partial charge in [0.05, 0.1) is 5.56 Å². The van der Waals surface area contributed by atoms with Crippen LogP contribution in [0.4, 0.5) is 8.78 Å². The van der Waals surface area contributed by atoms with Gasteiger partial charge in [-0.25, -0.2) is 0 Å². The first-order valence-corrected chi connectivity index (χ1v) is 5.88. The van der Waals surface area contributed by atoms with Gasteiger partial charge in [-0.1, -0.05) is 18.2 Å². The maximum Gasteiger partial charge on any atom is 0.387 e. The lowest BCUT2D eigenvalue weighted by atomic mass is 10.2. The van der Waals surface area contributed by atoms with Gasteiger partial charge >= 0.3 is 6.61 Å². The lowest BCUT2D eigenvalue weighted by Gasteiger charge is -2.11. The maximum absolute atomic E-state index is 12.2. The molecular formula is C14H12F2N2O2. The molecule has 0 unspecified atom stereocenters. The van der Waals surface area contributed by atoms with Crippen molar-refractivity contribution in [2.24, 2.45) is 0 Å². The van der Waals surface area contributed by atoms with Gasteiger partial charge in [0.1, 0.15) is 5.75 Å². The number of rotatable bonds is 5. The van der Waals surface area contributed by atoms with Crippen molar-refractivity contribution in [1.82, 2.24) is 10.3 Å². The number of para-hydroxylation sites is 1. The van der Waals surface area contributed by atoms with Gasteiger partial charge in [0.25, 0.3) is 5.91 Å². The zero-order valence-corrected chi connectivity index (χ0v) is 10.4.